The number of carbonyl (C=O) groups excluding carboxylic acids is 1. The van der Waals surface area contributed by atoms with Crippen LogP contribution < -0.4 is 11.1 Å². The topological polar surface area (TPSA) is 87.7 Å². The molecule has 108 valence electrons. The lowest BCUT2D eigenvalue weighted by Crippen LogP contribution is -2.16. The summed E-state index contributed by atoms with van der Waals surface area (Å²) in [4.78, 5) is 12.2. The van der Waals surface area contributed by atoms with Gasteiger partial charge >= 0.3 is 0 Å². The number of hydrogen-bond donors (Lipinski definition) is 3. The molecule has 21 heavy (non-hydrogen) atoms. The summed E-state index contributed by atoms with van der Waals surface area (Å²) in [5.41, 5.74) is 7.91. The van der Waals surface area contributed by atoms with Crippen molar-refractivity contribution in [1.29, 1.82) is 0 Å². The van der Waals surface area contributed by atoms with E-state index in [1.165, 1.54) is 0 Å². The molecular weight excluding hydrogens is 290 g/mol. The Morgan fingerprint density at radius 3 is 2.71 bits per heavy atom. The predicted octanol–water partition coefficient (Wildman–Crippen LogP) is 3.00. The number of carbonyl (C=O) groups is 1. The van der Waals surface area contributed by atoms with Gasteiger partial charge in [0.2, 0.25) is 0 Å². The van der Waals surface area contributed by atoms with E-state index in [9.17, 15) is 4.79 Å². The van der Waals surface area contributed by atoms with Crippen molar-refractivity contribution in [2.75, 3.05) is 5.32 Å². The maximum absolute atomic E-state index is 12.2. The Morgan fingerprint density at radius 2 is 2.05 bits per heavy atom. The SMILES string of the molecule is Cc1cc(Cl)ccc1C(=O)Nc1cccc(/C(N)=N/O)c1. The molecule has 5 nitrogen and oxygen atoms in total. The summed E-state index contributed by atoms with van der Waals surface area (Å²) in [6.07, 6.45) is 0. The maximum atomic E-state index is 12.2. The first-order valence-corrected chi connectivity index (χ1v) is 6.54. The van der Waals surface area contributed by atoms with Crippen LogP contribution in [0, 0.1) is 6.92 Å². The van der Waals surface area contributed by atoms with E-state index in [0.717, 1.165) is 5.56 Å². The van der Waals surface area contributed by atoms with E-state index >= 15 is 0 Å². The van der Waals surface area contributed by atoms with Crippen LogP contribution in [0.1, 0.15) is 21.5 Å². The van der Waals surface area contributed by atoms with Crippen LogP contribution in [0.5, 0.6) is 0 Å². The highest BCUT2D eigenvalue weighted by molar-refractivity contribution is 6.30. The molecule has 0 unspecified atom stereocenters. The second-order valence-corrected chi connectivity index (χ2v) is 4.92. The molecule has 2 aromatic carbocycles. The zero-order valence-electron chi connectivity index (χ0n) is 11.3. The van der Waals surface area contributed by atoms with Crippen LogP contribution in [0.4, 0.5) is 5.69 Å². The summed E-state index contributed by atoms with van der Waals surface area (Å²) < 4.78 is 0. The number of anilines is 1. The number of halogens is 1. The van der Waals surface area contributed by atoms with Gasteiger partial charge in [0.25, 0.3) is 5.91 Å². The second-order valence-electron chi connectivity index (χ2n) is 4.48. The fourth-order valence-electron chi connectivity index (χ4n) is 1.89. The van der Waals surface area contributed by atoms with Gasteiger partial charge in [0.05, 0.1) is 0 Å². The molecule has 2 aromatic rings. The third-order valence-corrected chi connectivity index (χ3v) is 3.19. The zero-order chi connectivity index (χ0) is 15.4. The van der Waals surface area contributed by atoms with E-state index in [2.05, 4.69) is 10.5 Å². The van der Waals surface area contributed by atoms with Crippen molar-refractivity contribution in [3.05, 3.63) is 64.2 Å². The number of amidine groups is 1. The molecule has 6 heteroatoms. The lowest BCUT2D eigenvalue weighted by molar-refractivity contribution is 0.102. The van der Waals surface area contributed by atoms with E-state index < -0.39 is 0 Å². The first-order valence-electron chi connectivity index (χ1n) is 6.16. The van der Waals surface area contributed by atoms with Crippen molar-refractivity contribution in [1.82, 2.24) is 0 Å². The molecule has 0 aliphatic rings. The molecule has 1 amide bonds. The number of nitrogens with one attached hydrogen (secondary N) is 1. The molecule has 2 rings (SSSR count). The maximum Gasteiger partial charge on any atom is 0.255 e. The number of nitrogens with two attached hydrogens (primary N) is 1. The molecule has 0 aromatic heterocycles. The standard InChI is InChI=1S/C15H14ClN3O2/c1-9-7-11(16)5-6-13(9)15(20)18-12-4-2-3-10(8-12)14(17)19-21/h2-8,21H,1H3,(H2,17,19)(H,18,20). The van der Waals surface area contributed by atoms with Gasteiger partial charge in [-0.25, -0.2) is 0 Å². The van der Waals surface area contributed by atoms with Crippen molar-refractivity contribution in [2.24, 2.45) is 10.9 Å². The fraction of sp³-hybridized carbons (Fsp3) is 0.0667. The number of nitrogens with zero attached hydrogens (tertiary/aromatic N) is 1. The second kappa shape index (κ2) is 6.28. The average Bonchev–Trinajstić information content (AvgIpc) is 2.46. The van der Waals surface area contributed by atoms with Gasteiger partial charge < -0.3 is 16.3 Å². The first kappa shape index (κ1) is 14.9. The Morgan fingerprint density at radius 1 is 1.29 bits per heavy atom. The highest BCUT2D eigenvalue weighted by atomic mass is 35.5. The Hall–Kier alpha value is -2.53. The average molecular weight is 304 g/mol. The van der Waals surface area contributed by atoms with Crippen molar-refractivity contribution in [3.63, 3.8) is 0 Å². The molecule has 0 saturated heterocycles. The number of amides is 1. The summed E-state index contributed by atoms with van der Waals surface area (Å²) in [6, 6.07) is 11.8. The zero-order valence-corrected chi connectivity index (χ0v) is 12.1. The quantitative estimate of drug-likeness (QED) is 0.352. The number of aryl methyl sites for hydroxylation is 1. The highest BCUT2D eigenvalue weighted by Gasteiger charge is 2.10. The van der Waals surface area contributed by atoms with Crippen LogP contribution in [-0.2, 0) is 0 Å². The molecule has 0 spiro atoms. The van der Waals surface area contributed by atoms with Crippen molar-refractivity contribution >= 4 is 29.0 Å². The molecule has 0 bridgehead atoms. The van der Waals surface area contributed by atoms with Crippen LogP contribution in [0.3, 0.4) is 0 Å². The molecule has 0 fully saturated rings. The Labute approximate surface area is 127 Å². The monoisotopic (exact) mass is 303 g/mol. The van der Waals surface area contributed by atoms with Gasteiger partial charge in [-0.2, -0.15) is 0 Å². The fourth-order valence-corrected chi connectivity index (χ4v) is 2.12. The number of rotatable bonds is 3. The normalized spacial score (nSPS) is 11.2. The van der Waals surface area contributed by atoms with Gasteiger partial charge in [-0.15, -0.1) is 0 Å². The van der Waals surface area contributed by atoms with E-state index in [0.29, 0.717) is 21.8 Å². The van der Waals surface area contributed by atoms with E-state index in [1.807, 2.05) is 6.92 Å². The van der Waals surface area contributed by atoms with Gasteiger partial charge in [-0.05, 0) is 42.8 Å². The van der Waals surface area contributed by atoms with Crippen molar-refractivity contribution in [2.45, 2.75) is 6.92 Å². The van der Waals surface area contributed by atoms with Crippen LogP contribution in [0.2, 0.25) is 5.02 Å². The molecule has 0 aliphatic heterocycles. The van der Waals surface area contributed by atoms with E-state index in [-0.39, 0.29) is 11.7 Å². The predicted molar refractivity (Wildman–Crippen MR) is 83.1 cm³/mol. The summed E-state index contributed by atoms with van der Waals surface area (Å²) in [5, 5.41) is 14.9. The van der Waals surface area contributed by atoms with Crippen LogP contribution in [0.25, 0.3) is 0 Å². The minimum Gasteiger partial charge on any atom is -0.409 e. The summed E-state index contributed by atoms with van der Waals surface area (Å²) in [7, 11) is 0. The van der Waals surface area contributed by atoms with Gasteiger partial charge in [0, 0.05) is 21.8 Å². The molecule has 0 aliphatic carbocycles. The Bertz CT molecular complexity index is 714. The van der Waals surface area contributed by atoms with Gasteiger partial charge in [0.1, 0.15) is 0 Å². The molecule has 0 radical (unpaired) electrons. The van der Waals surface area contributed by atoms with Crippen molar-refractivity contribution in [3.8, 4) is 0 Å². The summed E-state index contributed by atoms with van der Waals surface area (Å²) in [6.45, 7) is 1.81. The van der Waals surface area contributed by atoms with Crippen molar-refractivity contribution < 1.29 is 10.0 Å². The molecule has 0 saturated carbocycles. The summed E-state index contributed by atoms with van der Waals surface area (Å²) >= 11 is 5.87. The Balaban J connectivity index is 2.23. The molecule has 0 atom stereocenters. The number of benzene rings is 2. The van der Waals surface area contributed by atoms with E-state index in [4.69, 9.17) is 22.5 Å². The van der Waals surface area contributed by atoms with Gasteiger partial charge in [-0.1, -0.05) is 28.9 Å². The Kier molecular flexibility index (Phi) is 4.45. The van der Waals surface area contributed by atoms with E-state index in [1.54, 1.807) is 42.5 Å². The van der Waals surface area contributed by atoms with Crippen LogP contribution in [-0.4, -0.2) is 17.0 Å². The number of hydrogen-bond acceptors (Lipinski definition) is 3. The largest absolute Gasteiger partial charge is 0.409 e. The molecular formula is C15H14ClN3O2. The highest BCUT2D eigenvalue weighted by Crippen LogP contribution is 2.17. The minimum absolute atomic E-state index is 0.0197. The molecule has 4 N–H and O–H groups in total. The van der Waals surface area contributed by atoms with Gasteiger partial charge in [0.15, 0.2) is 5.84 Å². The smallest absolute Gasteiger partial charge is 0.255 e. The lowest BCUT2D eigenvalue weighted by atomic mass is 10.1. The molecule has 0 heterocycles. The summed E-state index contributed by atoms with van der Waals surface area (Å²) in [5.74, 6) is -0.269. The first-order chi connectivity index (χ1) is 10.0. The lowest BCUT2D eigenvalue weighted by Gasteiger charge is -2.09. The third-order valence-electron chi connectivity index (χ3n) is 2.96. The van der Waals surface area contributed by atoms with Gasteiger partial charge in [-0.3, -0.25) is 4.79 Å². The third kappa shape index (κ3) is 3.52. The van der Waals surface area contributed by atoms with Crippen LogP contribution in [0.15, 0.2) is 47.6 Å². The minimum atomic E-state index is -0.249. The number of oxime groups is 1. The van der Waals surface area contributed by atoms with Crippen LogP contribution >= 0.6 is 11.6 Å².